The molecule has 0 radical (unpaired) electrons. The Hall–Kier alpha value is 1.32. The third-order valence-corrected chi connectivity index (χ3v) is 1.31. The number of likely N-dealkylation sites (N-methyl/N-ethyl adjacent to an activating group) is 1. The van der Waals surface area contributed by atoms with Crippen LogP contribution >= 0.6 is 12.4 Å². The van der Waals surface area contributed by atoms with Crippen LogP contribution in [0.3, 0.4) is 0 Å². The van der Waals surface area contributed by atoms with Crippen LogP contribution in [0, 0.1) is 0 Å². The molecule has 0 saturated heterocycles. The molecular formula is C5H16ClNNaO3S+. The standard InChI is InChI=1S/C5H13NO3S.ClH.Na.H/c1-6(2,3)4-5-9-10(7)8;;;/h4-5H2,1-3H3;1H;;/p+1. The summed E-state index contributed by atoms with van der Waals surface area (Å²) in [6.45, 7) is 1.04. The maximum atomic E-state index is 9.97. The van der Waals surface area contributed by atoms with E-state index in [9.17, 15) is 4.21 Å². The van der Waals surface area contributed by atoms with Crippen molar-refractivity contribution >= 4 is 53.3 Å². The van der Waals surface area contributed by atoms with Crippen molar-refractivity contribution in [3.8, 4) is 0 Å². The van der Waals surface area contributed by atoms with Gasteiger partial charge in [0, 0.05) is 0 Å². The fourth-order valence-electron chi connectivity index (χ4n) is 0.382. The Kier molecular flexibility index (Phi) is 14.1. The first-order chi connectivity index (χ1) is 4.42. The number of hydrogen-bond acceptors (Lipinski definition) is 2. The Bertz CT molecular complexity index is 130. The van der Waals surface area contributed by atoms with Crippen LogP contribution in [0.5, 0.6) is 0 Å². The van der Waals surface area contributed by atoms with Crippen molar-refractivity contribution < 1.29 is 17.4 Å². The Morgan fingerprint density at radius 2 is 1.83 bits per heavy atom. The molecule has 0 saturated carbocycles. The molecule has 7 heteroatoms. The molecule has 72 valence electrons. The third kappa shape index (κ3) is 17.4. The quantitative estimate of drug-likeness (QED) is 0.405. The third-order valence-electron chi connectivity index (χ3n) is 0.946. The number of nitrogens with zero attached hydrogens (tertiary/aromatic N) is 1. The van der Waals surface area contributed by atoms with Crippen LogP contribution in [-0.2, 0) is 15.5 Å². The summed E-state index contributed by atoms with van der Waals surface area (Å²) in [5, 5.41) is 0. The summed E-state index contributed by atoms with van der Waals surface area (Å²) in [5.41, 5.74) is 0. The first-order valence-corrected chi connectivity index (χ1v) is 3.99. The zero-order valence-electron chi connectivity index (χ0n) is 6.94. The average molecular weight is 229 g/mol. The summed E-state index contributed by atoms with van der Waals surface area (Å²) in [4.78, 5) is 0. The fraction of sp³-hybridized carbons (Fsp3) is 1.00. The predicted octanol–water partition coefficient (Wildman–Crippen LogP) is -0.381. The maximum absolute atomic E-state index is 9.97. The van der Waals surface area contributed by atoms with Gasteiger partial charge in [-0.1, -0.05) is 0 Å². The SMILES string of the molecule is C[N+](C)(C)CCOS(=O)O.Cl.[NaH]. The number of quaternary nitrogens is 1. The van der Waals surface area contributed by atoms with Crippen molar-refractivity contribution in [2.75, 3.05) is 34.3 Å². The zero-order chi connectivity index (χ0) is 8.20. The fourth-order valence-corrected chi connectivity index (χ4v) is 0.600. The van der Waals surface area contributed by atoms with Crippen LogP contribution in [0.25, 0.3) is 0 Å². The van der Waals surface area contributed by atoms with E-state index in [-0.39, 0.29) is 42.0 Å². The van der Waals surface area contributed by atoms with Crippen LogP contribution in [0.2, 0.25) is 0 Å². The van der Waals surface area contributed by atoms with E-state index in [4.69, 9.17) is 4.55 Å². The monoisotopic (exact) mass is 228 g/mol. The number of rotatable bonds is 4. The normalized spacial score (nSPS) is 12.7. The molecule has 12 heavy (non-hydrogen) atoms. The van der Waals surface area contributed by atoms with E-state index >= 15 is 0 Å². The topological polar surface area (TPSA) is 46.5 Å². The van der Waals surface area contributed by atoms with E-state index in [0.29, 0.717) is 6.61 Å². The molecular weight excluding hydrogens is 213 g/mol. The zero-order valence-corrected chi connectivity index (χ0v) is 8.57. The second-order valence-corrected chi connectivity index (χ2v) is 3.72. The summed E-state index contributed by atoms with van der Waals surface area (Å²) >= 11 is -2.11. The minimum absolute atomic E-state index is 0. The van der Waals surface area contributed by atoms with E-state index in [2.05, 4.69) is 4.18 Å². The minimum atomic E-state index is -2.11. The summed E-state index contributed by atoms with van der Waals surface area (Å²) in [6, 6.07) is 0. The first-order valence-electron chi connectivity index (χ1n) is 2.96. The molecule has 1 N–H and O–H groups in total. The summed E-state index contributed by atoms with van der Waals surface area (Å²) in [7, 11) is 5.97. The Labute approximate surface area is 104 Å². The predicted molar refractivity (Wildman–Crippen MR) is 54.0 cm³/mol. The van der Waals surface area contributed by atoms with Gasteiger partial charge in [0.15, 0.2) is 0 Å². The van der Waals surface area contributed by atoms with Gasteiger partial charge in [0.1, 0.15) is 13.2 Å². The van der Waals surface area contributed by atoms with Gasteiger partial charge in [-0.05, 0) is 0 Å². The van der Waals surface area contributed by atoms with Crippen molar-refractivity contribution in [3.05, 3.63) is 0 Å². The van der Waals surface area contributed by atoms with Crippen LogP contribution in [0.15, 0.2) is 0 Å². The van der Waals surface area contributed by atoms with Crippen molar-refractivity contribution in [2.45, 2.75) is 0 Å². The van der Waals surface area contributed by atoms with Crippen LogP contribution in [0.4, 0.5) is 0 Å². The molecule has 0 aliphatic rings. The van der Waals surface area contributed by atoms with Crippen LogP contribution in [-0.4, -0.2) is 77.1 Å². The van der Waals surface area contributed by atoms with Crippen molar-refractivity contribution in [2.24, 2.45) is 0 Å². The molecule has 0 aromatic rings. The first kappa shape index (κ1) is 19.0. The average Bonchev–Trinajstić information content (AvgIpc) is 1.59. The van der Waals surface area contributed by atoms with E-state index < -0.39 is 11.4 Å². The van der Waals surface area contributed by atoms with Crippen LogP contribution in [0.1, 0.15) is 0 Å². The Balaban J connectivity index is -0.000000405. The Morgan fingerprint density at radius 1 is 1.42 bits per heavy atom. The van der Waals surface area contributed by atoms with Gasteiger partial charge in [-0.25, -0.2) is 0 Å². The second-order valence-electron chi connectivity index (χ2n) is 3.05. The number of hydrogen-bond donors (Lipinski definition) is 1. The second kappa shape index (κ2) is 8.90. The van der Waals surface area contributed by atoms with E-state index in [1.54, 1.807) is 0 Å². The van der Waals surface area contributed by atoms with Gasteiger partial charge in [0.2, 0.25) is 0 Å². The van der Waals surface area contributed by atoms with E-state index in [1.807, 2.05) is 21.1 Å². The molecule has 0 aliphatic carbocycles. The van der Waals surface area contributed by atoms with Gasteiger partial charge < -0.3 is 4.48 Å². The molecule has 0 rings (SSSR count). The van der Waals surface area contributed by atoms with E-state index in [0.717, 1.165) is 11.0 Å². The molecule has 0 bridgehead atoms. The molecule has 1 atom stereocenters. The van der Waals surface area contributed by atoms with Crippen molar-refractivity contribution in [3.63, 3.8) is 0 Å². The summed E-state index contributed by atoms with van der Waals surface area (Å²) in [6.07, 6.45) is 0. The summed E-state index contributed by atoms with van der Waals surface area (Å²) < 4.78 is 23.3. The molecule has 0 fully saturated rings. The molecule has 0 spiro atoms. The van der Waals surface area contributed by atoms with Gasteiger partial charge in [-0.2, -0.15) is 4.21 Å². The van der Waals surface area contributed by atoms with Gasteiger partial charge in [0.25, 0.3) is 0 Å². The Morgan fingerprint density at radius 3 is 2.08 bits per heavy atom. The van der Waals surface area contributed by atoms with Gasteiger partial charge >= 0.3 is 40.9 Å². The molecule has 0 aromatic carbocycles. The van der Waals surface area contributed by atoms with Crippen molar-refractivity contribution in [1.29, 1.82) is 0 Å². The molecule has 1 unspecified atom stereocenters. The molecule has 0 amide bonds. The van der Waals surface area contributed by atoms with Gasteiger partial charge in [-0.3, -0.25) is 8.74 Å². The molecule has 4 nitrogen and oxygen atoms in total. The molecule has 0 heterocycles. The number of halogens is 1. The molecule has 0 aromatic heterocycles. The van der Waals surface area contributed by atoms with Gasteiger partial charge in [0.05, 0.1) is 21.1 Å². The van der Waals surface area contributed by atoms with Crippen molar-refractivity contribution in [1.82, 2.24) is 0 Å². The van der Waals surface area contributed by atoms with Gasteiger partial charge in [-0.15, -0.1) is 12.4 Å². The van der Waals surface area contributed by atoms with E-state index in [1.165, 1.54) is 0 Å². The molecule has 0 aliphatic heterocycles. The summed E-state index contributed by atoms with van der Waals surface area (Å²) in [5.74, 6) is 0. The van der Waals surface area contributed by atoms with Crippen LogP contribution < -0.4 is 0 Å².